The molecule has 1 amide bonds. The molecule has 5 heteroatoms. The summed E-state index contributed by atoms with van der Waals surface area (Å²) in [6, 6.07) is 7.02. The van der Waals surface area contributed by atoms with Crippen LogP contribution in [0.2, 0.25) is 0 Å². The van der Waals surface area contributed by atoms with Gasteiger partial charge < -0.3 is 11.1 Å². The lowest BCUT2D eigenvalue weighted by atomic mass is 10.3. The Morgan fingerprint density at radius 1 is 1.39 bits per heavy atom. The van der Waals surface area contributed by atoms with Crippen LogP contribution in [-0.2, 0) is 15.6 Å². The fraction of sp³-hybridized carbons (Fsp3) is 0.462. The maximum absolute atomic E-state index is 11.6. The number of nitrogen functional groups attached to an aromatic ring is 1. The van der Waals surface area contributed by atoms with E-state index in [1.807, 2.05) is 0 Å². The van der Waals surface area contributed by atoms with Crippen LogP contribution in [0.3, 0.4) is 0 Å². The van der Waals surface area contributed by atoms with E-state index in [1.54, 1.807) is 24.3 Å². The van der Waals surface area contributed by atoms with Gasteiger partial charge in [0.25, 0.3) is 0 Å². The van der Waals surface area contributed by atoms with Crippen LogP contribution in [0.1, 0.15) is 26.2 Å². The smallest absolute Gasteiger partial charge is 0.225 e. The highest BCUT2D eigenvalue weighted by Gasteiger charge is 2.06. The lowest BCUT2D eigenvalue weighted by Crippen LogP contribution is -2.15. The summed E-state index contributed by atoms with van der Waals surface area (Å²) in [6.07, 6.45) is 2.26. The van der Waals surface area contributed by atoms with Gasteiger partial charge >= 0.3 is 0 Å². The molecular weight excluding hydrogens is 248 g/mol. The van der Waals surface area contributed by atoms with Crippen LogP contribution in [0, 0.1) is 0 Å². The van der Waals surface area contributed by atoms with Crippen LogP contribution in [0.5, 0.6) is 0 Å². The number of unbranched alkanes of at least 4 members (excludes halogenated alkanes) is 1. The van der Waals surface area contributed by atoms with Gasteiger partial charge in [0.1, 0.15) is 0 Å². The van der Waals surface area contributed by atoms with E-state index < -0.39 is 10.8 Å². The second-order valence-corrected chi connectivity index (χ2v) is 5.82. The van der Waals surface area contributed by atoms with Gasteiger partial charge in [0.15, 0.2) is 0 Å². The minimum absolute atomic E-state index is 0.120. The lowest BCUT2D eigenvalue weighted by Gasteiger charge is -2.05. The summed E-state index contributed by atoms with van der Waals surface area (Å²) in [7, 11) is -0.888. The van der Waals surface area contributed by atoms with Crippen LogP contribution in [0.25, 0.3) is 0 Å². The number of carbonyl (C=O) groups is 1. The molecule has 1 aromatic carbocycles. The fourth-order valence-electron chi connectivity index (χ4n) is 1.45. The van der Waals surface area contributed by atoms with E-state index in [-0.39, 0.29) is 12.3 Å². The van der Waals surface area contributed by atoms with Crippen molar-refractivity contribution in [2.24, 2.45) is 0 Å². The molecule has 0 bridgehead atoms. The zero-order chi connectivity index (χ0) is 13.4. The summed E-state index contributed by atoms with van der Waals surface area (Å²) in [6.45, 7) is 2.06. The molecule has 1 unspecified atom stereocenters. The summed E-state index contributed by atoms with van der Waals surface area (Å²) < 4.78 is 11.5. The van der Waals surface area contributed by atoms with Gasteiger partial charge in [-0.25, -0.2) is 0 Å². The summed E-state index contributed by atoms with van der Waals surface area (Å²) in [5.41, 5.74) is 6.90. The Morgan fingerprint density at radius 2 is 2.17 bits per heavy atom. The van der Waals surface area contributed by atoms with E-state index in [0.717, 1.165) is 12.8 Å². The monoisotopic (exact) mass is 268 g/mol. The molecule has 0 aliphatic heterocycles. The third-order valence-electron chi connectivity index (χ3n) is 2.45. The molecule has 18 heavy (non-hydrogen) atoms. The van der Waals surface area contributed by atoms with Crippen molar-refractivity contribution >= 4 is 28.1 Å². The van der Waals surface area contributed by atoms with Crippen molar-refractivity contribution in [3.8, 4) is 0 Å². The first-order chi connectivity index (χ1) is 8.61. The van der Waals surface area contributed by atoms with Crippen LogP contribution in [0.4, 0.5) is 11.4 Å². The molecule has 3 N–H and O–H groups in total. The maximum Gasteiger partial charge on any atom is 0.225 e. The molecule has 100 valence electrons. The molecule has 1 rings (SSSR count). The van der Waals surface area contributed by atoms with E-state index in [0.29, 0.717) is 22.9 Å². The second-order valence-electron chi connectivity index (χ2n) is 4.13. The Balaban J connectivity index is 2.31. The number of anilines is 2. The highest BCUT2D eigenvalue weighted by Crippen LogP contribution is 2.11. The summed E-state index contributed by atoms with van der Waals surface area (Å²) in [4.78, 5) is 11.6. The number of rotatable bonds is 7. The molecule has 1 aromatic rings. The third-order valence-corrected chi connectivity index (χ3v) is 3.86. The van der Waals surface area contributed by atoms with Crippen LogP contribution in [0.15, 0.2) is 24.3 Å². The first kappa shape index (κ1) is 14.7. The number of hydrogen-bond donors (Lipinski definition) is 2. The molecule has 0 saturated heterocycles. The molecule has 0 fully saturated rings. The van der Waals surface area contributed by atoms with Crippen molar-refractivity contribution < 1.29 is 9.00 Å². The van der Waals surface area contributed by atoms with Crippen molar-refractivity contribution in [3.05, 3.63) is 24.3 Å². The van der Waals surface area contributed by atoms with Crippen LogP contribution in [-0.4, -0.2) is 21.6 Å². The highest BCUT2D eigenvalue weighted by molar-refractivity contribution is 7.84. The van der Waals surface area contributed by atoms with Crippen molar-refractivity contribution in [2.75, 3.05) is 22.6 Å². The molecule has 0 aliphatic rings. The van der Waals surface area contributed by atoms with E-state index >= 15 is 0 Å². The Morgan fingerprint density at radius 3 is 2.83 bits per heavy atom. The molecule has 0 aromatic heterocycles. The molecule has 1 atom stereocenters. The van der Waals surface area contributed by atoms with Gasteiger partial charge in [0.2, 0.25) is 5.91 Å². The number of nitrogens with two attached hydrogens (primary N) is 1. The molecule has 0 aliphatic carbocycles. The minimum Gasteiger partial charge on any atom is -0.399 e. The SMILES string of the molecule is CCCCS(=O)CCC(=O)Nc1cccc(N)c1. The van der Waals surface area contributed by atoms with E-state index in [1.165, 1.54) is 0 Å². The van der Waals surface area contributed by atoms with Crippen LogP contribution < -0.4 is 11.1 Å². The molecular formula is C13H20N2O2S. The average molecular weight is 268 g/mol. The van der Waals surface area contributed by atoms with E-state index in [4.69, 9.17) is 5.73 Å². The maximum atomic E-state index is 11.6. The predicted molar refractivity (Wildman–Crippen MR) is 76.9 cm³/mol. The fourth-order valence-corrected chi connectivity index (χ4v) is 2.68. The van der Waals surface area contributed by atoms with Crippen molar-refractivity contribution in [3.63, 3.8) is 0 Å². The Hall–Kier alpha value is -1.36. The lowest BCUT2D eigenvalue weighted by molar-refractivity contribution is -0.115. The molecule has 0 saturated carbocycles. The van der Waals surface area contributed by atoms with Gasteiger partial charge in [-0.05, 0) is 24.6 Å². The first-order valence-corrected chi connectivity index (χ1v) is 7.61. The number of carbonyl (C=O) groups excluding carboxylic acids is 1. The first-order valence-electron chi connectivity index (χ1n) is 6.12. The largest absolute Gasteiger partial charge is 0.399 e. The topological polar surface area (TPSA) is 72.2 Å². The number of benzene rings is 1. The zero-order valence-corrected chi connectivity index (χ0v) is 11.5. The van der Waals surface area contributed by atoms with Crippen molar-refractivity contribution in [1.82, 2.24) is 0 Å². The summed E-state index contributed by atoms with van der Waals surface area (Å²) in [5, 5.41) is 2.74. The van der Waals surface area contributed by atoms with Gasteiger partial charge in [-0.15, -0.1) is 0 Å². The Labute approximate surface area is 110 Å². The van der Waals surface area contributed by atoms with Gasteiger partial charge in [-0.2, -0.15) is 0 Å². The van der Waals surface area contributed by atoms with Gasteiger partial charge in [-0.1, -0.05) is 19.4 Å². The standard InChI is InChI=1S/C13H20N2O2S/c1-2-3-8-18(17)9-7-13(16)15-12-6-4-5-11(14)10-12/h4-6,10H,2-3,7-9,14H2,1H3,(H,15,16). The Bertz CT molecular complexity index is 421. The zero-order valence-electron chi connectivity index (χ0n) is 10.6. The molecule has 0 heterocycles. The highest BCUT2D eigenvalue weighted by atomic mass is 32.2. The van der Waals surface area contributed by atoms with Gasteiger partial charge in [0, 0.05) is 40.1 Å². The average Bonchev–Trinajstić information content (AvgIpc) is 2.34. The van der Waals surface area contributed by atoms with Crippen molar-refractivity contribution in [1.29, 1.82) is 0 Å². The molecule has 0 spiro atoms. The second kappa shape index (κ2) is 7.87. The van der Waals surface area contributed by atoms with E-state index in [9.17, 15) is 9.00 Å². The van der Waals surface area contributed by atoms with Crippen LogP contribution >= 0.6 is 0 Å². The van der Waals surface area contributed by atoms with Crippen molar-refractivity contribution in [2.45, 2.75) is 26.2 Å². The Kier molecular flexibility index (Phi) is 6.43. The number of hydrogen-bond acceptors (Lipinski definition) is 3. The quantitative estimate of drug-likeness (QED) is 0.744. The summed E-state index contributed by atoms with van der Waals surface area (Å²) in [5.74, 6) is 0.987. The number of amides is 1. The van der Waals surface area contributed by atoms with E-state index in [2.05, 4.69) is 12.2 Å². The predicted octanol–water partition coefficient (Wildman–Crippen LogP) is 2.15. The normalized spacial score (nSPS) is 12.1. The molecule has 4 nitrogen and oxygen atoms in total. The van der Waals surface area contributed by atoms with Gasteiger partial charge in [-0.3, -0.25) is 9.00 Å². The third kappa shape index (κ3) is 5.82. The minimum atomic E-state index is -0.888. The molecule has 0 radical (unpaired) electrons. The van der Waals surface area contributed by atoms with Gasteiger partial charge in [0.05, 0.1) is 0 Å². The number of nitrogens with one attached hydrogen (secondary N) is 1. The summed E-state index contributed by atoms with van der Waals surface area (Å²) >= 11 is 0.